The van der Waals surface area contributed by atoms with Crippen molar-refractivity contribution in [2.24, 2.45) is 5.73 Å². The average molecular weight is 428 g/mol. The molecule has 3 N–H and O–H groups in total. The maximum absolute atomic E-state index is 12.2. The number of methoxy groups -OCH3 is 1. The first-order chi connectivity index (χ1) is 14.2. The number of hydrogen-bond donors (Lipinski definition) is 2. The van der Waals surface area contributed by atoms with Gasteiger partial charge < -0.3 is 20.0 Å². The first kappa shape index (κ1) is 22.7. The molecule has 30 heavy (non-hydrogen) atoms. The van der Waals surface area contributed by atoms with Gasteiger partial charge in [-0.25, -0.2) is 4.79 Å². The normalized spacial score (nSPS) is 22.5. The summed E-state index contributed by atoms with van der Waals surface area (Å²) < 4.78 is 10.8. The number of benzene rings is 2. The lowest BCUT2D eigenvalue weighted by Gasteiger charge is -2.42. The highest BCUT2D eigenvalue weighted by Crippen LogP contribution is 2.41. The van der Waals surface area contributed by atoms with Crippen LogP contribution in [0.25, 0.3) is 0 Å². The molecular formula is C24H33NO4Si. The van der Waals surface area contributed by atoms with Crippen LogP contribution in [0.5, 0.6) is 0 Å². The lowest BCUT2D eigenvalue weighted by atomic mass is 9.89. The van der Waals surface area contributed by atoms with Crippen LogP contribution in [0, 0.1) is 0 Å². The predicted molar refractivity (Wildman–Crippen MR) is 121 cm³/mol. The maximum Gasteiger partial charge on any atom is 0.328 e. The lowest BCUT2D eigenvalue weighted by Crippen LogP contribution is -2.65. The first-order valence-electron chi connectivity index (χ1n) is 10.6. The number of esters is 1. The third-order valence-corrected chi connectivity index (χ3v) is 11.1. The molecule has 0 radical (unpaired) electrons. The van der Waals surface area contributed by atoms with Gasteiger partial charge in [0.2, 0.25) is 0 Å². The van der Waals surface area contributed by atoms with Gasteiger partial charge in [0.15, 0.2) is 0 Å². The topological polar surface area (TPSA) is 81.8 Å². The highest BCUT2D eigenvalue weighted by atomic mass is 28.4. The van der Waals surface area contributed by atoms with Crippen LogP contribution in [-0.2, 0) is 14.3 Å². The van der Waals surface area contributed by atoms with E-state index >= 15 is 0 Å². The number of rotatable bonds is 7. The maximum atomic E-state index is 12.2. The summed E-state index contributed by atoms with van der Waals surface area (Å²) in [5, 5.41) is 1.70. The molecule has 1 fully saturated rings. The Bertz CT molecular complexity index is 793. The zero-order chi connectivity index (χ0) is 21.8. The fourth-order valence-corrected chi connectivity index (χ4v) is 8.19. The zero-order valence-corrected chi connectivity index (χ0v) is 19.1. The van der Waals surface area contributed by atoms with E-state index < -0.39 is 19.8 Å². The Morgan fingerprint density at radius 3 is 2.13 bits per heavy atom. The van der Waals surface area contributed by atoms with E-state index in [-0.39, 0.29) is 17.7 Å². The van der Waals surface area contributed by atoms with Gasteiger partial charge in [-0.15, -0.1) is 0 Å². The Balaban J connectivity index is 1.76. The van der Waals surface area contributed by atoms with E-state index in [1.54, 1.807) is 0 Å². The number of carbonyl (C=O) groups excluding carboxylic acids is 1. The van der Waals surface area contributed by atoms with Crippen molar-refractivity contribution in [3.05, 3.63) is 60.7 Å². The Labute approximate surface area is 180 Å². The molecule has 6 heteroatoms. The molecule has 5 nitrogen and oxygen atoms in total. The lowest BCUT2D eigenvalue weighted by molar-refractivity contribution is -0.155. The van der Waals surface area contributed by atoms with Crippen molar-refractivity contribution in [3.8, 4) is 0 Å². The quantitative estimate of drug-likeness (QED) is 0.524. The van der Waals surface area contributed by atoms with E-state index in [0.717, 1.165) is 23.2 Å². The van der Waals surface area contributed by atoms with E-state index in [4.69, 9.17) is 15.2 Å². The number of carbonyl (C=O) groups is 1. The highest BCUT2D eigenvalue weighted by molar-refractivity contribution is 6.98. The minimum absolute atomic E-state index is 0.0235. The number of hydrogen-bond acceptors (Lipinski definition) is 5. The molecular weight excluding hydrogens is 394 g/mol. The van der Waals surface area contributed by atoms with Gasteiger partial charge in [-0.2, -0.15) is 0 Å². The molecule has 2 atom stereocenters. The number of nitrogens with two attached hydrogens (primary N) is 1. The number of ether oxygens (including phenoxy) is 2. The smallest absolute Gasteiger partial charge is 0.328 e. The van der Waals surface area contributed by atoms with Crippen molar-refractivity contribution in [1.29, 1.82) is 0 Å². The van der Waals surface area contributed by atoms with Crippen molar-refractivity contribution >= 4 is 24.7 Å². The first-order valence-corrected chi connectivity index (χ1v) is 12.5. The van der Waals surface area contributed by atoms with Gasteiger partial charge in [0, 0.05) is 0 Å². The van der Waals surface area contributed by atoms with Crippen molar-refractivity contribution < 1.29 is 19.1 Å². The van der Waals surface area contributed by atoms with E-state index in [1.165, 1.54) is 7.11 Å². The van der Waals surface area contributed by atoms with Crippen molar-refractivity contribution in [2.45, 2.75) is 56.2 Å². The molecule has 1 saturated heterocycles. The second-order valence-electron chi connectivity index (χ2n) is 8.98. The van der Waals surface area contributed by atoms with Gasteiger partial charge >= 0.3 is 5.97 Å². The van der Waals surface area contributed by atoms with E-state index in [2.05, 4.69) is 13.8 Å². The molecule has 0 amide bonds. The van der Waals surface area contributed by atoms with Crippen LogP contribution in [-0.4, -0.2) is 44.4 Å². The molecule has 1 aliphatic rings. The van der Waals surface area contributed by atoms with Crippen LogP contribution < -0.4 is 16.1 Å². The summed E-state index contributed by atoms with van der Waals surface area (Å²) in [6, 6.07) is 20.1. The molecule has 3 rings (SSSR count). The van der Waals surface area contributed by atoms with Crippen LogP contribution in [0.4, 0.5) is 0 Å². The van der Waals surface area contributed by atoms with Crippen LogP contribution in [0.1, 0.15) is 39.5 Å². The predicted octanol–water partition coefficient (Wildman–Crippen LogP) is 2.35. The van der Waals surface area contributed by atoms with E-state index in [9.17, 15) is 9.59 Å². The Kier molecular flexibility index (Phi) is 6.82. The molecule has 0 aromatic heterocycles. The summed E-state index contributed by atoms with van der Waals surface area (Å²) in [5.74, 6) is -0.420. The molecule has 0 saturated carbocycles. The fraction of sp³-hybridized carbons (Fsp3) is 0.458. The summed E-state index contributed by atoms with van der Waals surface area (Å²) >= 11 is 0. The molecule has 0 aliphatic carbocycles. The average Bonchev–Trinajstić information content (AvgIpc) is 2.78. The van der Waals surface area contributed by atoms with E-state index in [0.29, 0.717) is 12.8 Å². The minimum Gasteiger partial charge on any atom is -0.468 e. The largest absolute Gasteiger partial charge is 0.468 e. The second-order valence-corrected chi connectivity index (χ2v) is 12.9. The summed E-state index contributed by atoms with van der Waals surface area (Å²) in [4.78, 5) is 24.1. The van der Waals surface area contributed by atoms with Gasteiger partial charge in [0.25, 0.3) is 8.32 Å². The van der Waals surface area contributed by atoms with Gasteiger partial charge in [-0.3, -0.25) is 0 Å². The van der Waals surface area contributed by atoms with Crippen LogP contribution in [0.2, 0.25) is 5.04 Å². The minimum atomic E-state index is -3.02. The van der Waals surface area contributed by atoms with Gasteiger partial charge in [0.1, 0.15) is 5.54 Å². The molecule has 0 bridgehead atoms. The summed E-state index contributed by atoms with van der Waals surface area (Å²) in [5.41, 5.74) is 5.09. The second kappa shape index (κ2) is 9.02. The Hall–Kier alpha value is -1.99. The summed E-state index contributed by atoms with van der Waals surface area (Å²) in [7, 11) is -1.67. The zero-order valence-electron chi connectivity index (χ0n) is 18.1. The Morgan fingerprint density at radius 2 is 1.70 bits per heavy atom. The molecule has 0 spiro atoms. The van der Waals surface area contributed by atoms with Crippen molar-refractivity contribution in [3.63, 3.8) is 0 Å². The van der Waals surface area contributed by atoms with Gasteiger partial charge in [-0.1, -0.05) is 74.5 Å². The fourth-order valence-electron chi connectivity index (χ4n) is 4.44. The third kappa shape index (κ3) is 4.37. The standard InChI is InChI=1S/C24H33NO4Si/c1-23(2,16-14-19-15-17-24(25,18-29-19)22(26)28-3)30(27,20-10-6-4-7-11-20)21-12-8-5-9-13-21/h4-13,19,27H,14-18,25H2,1-3H3/t19-,24+/m1/s1. The monoisotopic (exact) mass is 427 g/mol. The highest BCUT2D eigenvalue weighted by Gasteiger charge is 2.50. The molecule has 1 heterocycles. The SMILES string of the molecule is COC(=O)[C@]1(N)CC[C@@H](CCC(C)(C)[Si](O)(c2ccccc2)c2ccccc2)OC1. The molecule has 2 aromatic rings. The van der Waals surface area contributed by atoms with Crippen molar-refractivity contribution in [2.75, 3.05) is 13.7 Å². The van der Waals surface area contributed by atoms with Crippen LogP contribution in [0.3, 0.4) is 0 Å². The third-order valence-electron chi connectivity index (χ3n) is 6.53. The molecule has 2 aromatic carbocycles. The van der Waals surface area contributed by atoms with Crippen LogP contribution >= 0.6 is 0 Å². The van der Waals surface area contributed by atoms with Gasteiger partial charge in [0.05, 0.1) is 19.8 Å². The summed E-state index contributed by atoms with van der Waals surface area (Å²) in [6.45, 7) is 4.48. The van der Waals surface area contributed by atoms with Crippen LogP contribution in [0.15, 0.2) is 60.7 Å². The molecule has 0 unspecified atom stereocenters. The molecule has 162 valence electrons. The van der Waals surface area contributed by atoms with E-state index in [1.807, 2.05) is 60.7 Å². The summed E-state index contributed by atoms with van der Waals surface area (Å²) in [6.07, 6.45) is 2.89. The Morgan fingerprint density at radius 1 is 1.17 bits per heavy atom. The van der Waals surface area contributed by atoms with Gasteiger partial charge in [-0.05, 0) is 41.1 Å². The van der Waals surface area contributed by atoms with Crippen molar-refractivity contribution in [1.82, 2.24) is 0 Å². The molecule has 1 aliphatic heterocycles.